The van der Waals surface area contributed by atoms with Crippen molar-refractivity contribution >= 4 is 76.1 Å². The molecule has 64 heavy (non-hydrogen) atoms. The number of pyridine rings is 1. The third-order valence-electron chi connectivity index (χ3n) is 12.6. The SMILES string of the molecule is CC(C)(C)c1cc(N2CN(c3cccc(Oc4ccc5c6ccc7sc8ccccc8c7c6n(-c6ccccn6)c5c4)c3)C(c3ccccc3)=C2c2ccccc2)cc(C(C)(C)C)c1. The molecule has 6 heteroatoms. The molecule has 4 heterocycles. The van der Waals surface area contributed by atoms with Crippen LogP contribution in [0.4, 0.5) is 11.4 Å². The molecule has 0 unspecified atom stereocenters. The molecule has 0 bridgehead atoms. The van der Waals surface area contributed by atoms with Gasteiger partial charge in [0.2, 0.25) is 0 Å². The van der Waals surface area contributed by atoms with Crippen LogP contribution in [0.2, 0.25) is 0 Å². The van der Waals surface area contributed by atoms with Gasteiger partial charge in [-0.3, -0.25) is 4.57 Å². The number of ether oxygens (including phenoxy) is 1. The molecule has 1 aliphatic heterocycles. The van der Waals surface area contributed by atoms with E-state index in [9.17, 15) is 0 Å². The first-order valence-electron chi connectivity index (χ1n) is 22.1. The normalized spacial score (nSPS) is 13.6. The van der Waals surface area contributed by atoms with E-state index < -0.39 is 0 Å². The second kappa shape index (κ2) is 15.3. The minimum atomic E-state index is -0.0283. The zero-order valence-corrected chi connectivity index (χ0v) is 37.9. The van der Waals surface area contributed by atoms with E-state index in [1.54, 1.807) is 0 Å². The molecule has 0 N–H and O–H groups in total. The summed E-state index contributed by atoms with van der Waals surface area (Å²) < 4.78 is 11.8. The summed E-state index contributed by atoms with van der Waals surface area (Å²) in [6.07, 6.45) is 1.87. The van der Waals surface area contributed by atoms with E-state index in [2.05, 4.69) is 226 Å². The third-order valence-corrected chi connectivity index (χ3v) is 13.7. The lowest BCUT2D eigenvalue weighted by atomic mass is 9.80. The number of hydrogen-bond acceptors (Lipinski definition) is 5. The summed E-state index contributed by atoms with van der Waals surface area (Å²) in [5.74, 6) is 2.40. The highest BCUT2D eigenvalue weighted by atomic mass is 32.1. The molecule has 0 radical (unpaired) electrons. The molecule has 11 rings (SSSR count). The van der Waals surface area contributed by atoms with Gasteiger partial charge < -0.3 is 14.5 Å². The quantitative estimate of drug-likeness (QED) is 0.160. The Morgan fingerprint density at radius 1 is 0.500 bits per heavy atom. The summed E-state index contributed by atoms with van der Waals surface area (Å²) in [5, 5.41) is 4.87. The van der Waals surface area contributed by atoms with Crippen LogP contribution >= 0.6 is 11.3 Å². The second-order valence-electron chi connectivity index (χ2n) is 18.9. The lowest BCUT2D eigenvalue weighted by Gasteiger charge is -2.30. The number of aromatic nitrogens is 2. The molecule has 7 aromatic carbocycles. The minimum Gasteiger partial charge on any atom is -0.457 e. The van der Waals surface area contributed by atoms with E-state index in [1.807, 2.05) is 23.6 Å². The van der Waals surface area contributed by atoms with E-state index in [0.717, 1.165) is 45.2 Å². The predicted molar refractivity (Wildman–Crippen MR) is 271 cm³/mol. The van der Waals surface area contributed by atoms with Crippen molar-refractivity contribution in [3.63, 3.8) is 0 Å². The Labute approximate surface area is 379 Å². The van der Waals surface area contributed by atoms with Crippen LogP contribution in [0.15, 0.2) is 182 Å². The monoisotopic (exact) mass is 850 g/mol. The molecule has 0 amide bonds. The fraction of sp³-hybridized carbons (Fsp3) is 0.155. The topological polar surface area (TPSA) is 33.5 Å². The van der Waals surface area contributed by atoms with Crippen molar-refractivity contribution in [2.75, 3.05) is 16.5 Å². The van der Waals surface area contributed by atoms with Gasteiger partial charge in [-0.15, -0.1) is 11.3 Å². The Morgan fingerprint density at radius 3 is 1.80 bits per heavy atom. The first-order chi connectivity index (χ1) is 31.0. The second-order valence-corrected chi connectivity index (χ2v) is 20.0. The van der Waals surface area contributed by atoms with Crippen LogP contribution in [0.25, 0.3) is 59.2 Å². The van der Waals surface area contributed by atoms with Crippen molar-refractivity contribution in [1.82, 2.24) is 9.55 Å². The zero-order chi connectivity index (χ0) is 43.7. The summed E-state index contributed by atoms with van der Waals surface area (Å²) in [7, 11) is 0. The zero-order valence-electron chi connectivity index (χ0n) is 37.1. The highest BCUT2D eigenvalue weighted by Gasteiger charge is 2.34. The number of hydrogen-bond donors (Lipinski definition) is 0. The molecule has 0 saturated heterocycles. The third kappa shape index (κ3) is 6.90. The minimum absolute atomic E-state index is 0.0283. The maximum absolute atomic E-state index is 6.90. The van der Waals surface area contributed by atoms with Crippen molar-refractivity contribution in [2.45, 2.75) is 52.4 Å². The number of nitrogens with zero attached hydrogens (tertiary/aromatic N) is 4. The Kier molecular flexibility index (Phi) is 9.48. The van der Waals surface area contributed by atoms with E-state index in [-0.39, 0.29) is 10.8 Å². The maximum Gasteiger partial charge on any atom is 0.137 e. The van der Waals surface area contributed by atoms with Gasteiger partial charge in [-0.1, -0.05) is 145 Å². The van der Waals surface area contributed by atoms with Crippen LogP contribution in [0.3, 0.4) is 0 Å². The molecule has 3 aromatic heterocycles. The van der Waals surface area contributed by atoms with Gasteiger partial charge in [0.1, 0.15) is 24.0 Å². The van der Waals surface area contributed by atoms with Crippen LogP contribution in [0.1, 0.15) is 63.8 Å². The largest absolute Gasteiger partial charge is 0.457 e. The van der Waals surface area contributed by atoms with E-state index in [0.29, 0.717) is 6.67 Å². The van der Waals surface area contributed by atoms with Crippen molar-refractivity contribution in [3.8, 4) is 17.3 Å². The van der Waals surface area contributed by atoms with Gasteiger partial charge in [0.05, 0.1) is 22.4 Å². The first-order valence-corrected chi connectivity index (χ1v) is 23.0. The Hall–Kier alpha value is -7.15. The number of thiophene rings is 1. The average Bonchev–Trinajstić information content (AvgIpc) is 3.99. The lowest BCUT2D eigenvalue weighted by Crippen LogP contribution is -2.28. The molecule has 0 spiro atoms. The van der Waals surface area contributed by atoms with Gasteiger partial charge in [0.25, 0.3) is 0 Å². The van der Waals surface area contributed by atoms with Crippen LogP contribution in [0.5, 0.6) is 11.5 Å². The lowest BCUT2D eigenvalue weighted by molar-refractivity contribution is 0.483. The molecule has 0 fully saturated rings. The highest BCUT2D eigenvalue weighted by molar-refractivity contribution is 7.26. The van der Waals surface area contributed by atoms with Gasteiger partial charge in [0, 0.05) is 71.8 Å². The van der Waals surface area contributed by atoms with Crippen molar-refractivity contribution in [3.05, 3.63) is 204 Å². The maximum atomic E-state index is 6.90. The number of anilines is 2. The number of benzene rings is 7. The molecule has 5 nitrogen and oxygen atoms in total. The molecule has 0 saturated carbocycles. The summed E-state index contributed by atoms with van der Waals surface area (Å²) in [6.45, 7) is 14.5. The van der Waals surface area contributed by atoms with E-state index in [1.165, 1.54) is 59.1 Å². The summed E-state index contributed by atoms with van der Waals surface area (Å²) in [6, 6.07) is 63.3. The van der Waals surface area contributed by atoms with Crippen LogP contribution in [-0.4, -0.2) is 16.2 Å². The highest BCUT2D eigenvalue weighted by Crippen LogP contribution is 2.47. The van der Waals surface area contributed by atoms with Gasteiger partial charge in [-0.05, 0) is 82.6 Å². The molecule has 0 aliphatic carbocycles. The summed E-state index contributed by atoms with van der Waals surface area (Å²) in [5.41, 5.74) is 11.7. The Balaban J connectivity index is 1.05. The standard InChI is InChI=1S/C58H50N4OS/c1-57(2,3)40-32-41(58(4,5)6)34-43(33-40)61-37-60(54(38-18-9-7-10-19-38)55(61)39-20-11-8-12-21-39)42-22-17-23-44(35-42)63-45-27-28-46-47-29-30-51-53(48-24-13-14-25-50(48)64-51)56(47)62(49(46)36-45)52-26-15-16-31-59-52/h7-36H,37H2,1-6H3. The first kappa shape index (κ1) is 39.7. The van der Waals surface area contributed by atoms with E-state index in [4.69, 9.17) is 9.72 Å². The molecule has 1 aliphatic rings. The molecule has 0 atom stereocenters. The number of fused-ring (bicyclic) bond motifs is 7. The van der Waals surface area contributed by atoms with Gasteiger partial charge in [0.15, 0.2) is 0 Å². The van der Waals surface area contributed by atoms with Crippen LogP contribution in [-0.2, 0) is 10.8 Å². The molecule has 314 valence electrons. The van der Waals surface area contributed by atoms with Gasteiger partial charge in [-0.2, -0.15) is 0 Å². The Bertz CT molecular complexity index is 3380. The fourth-order valence-electron chi connectivity index (χ4n) is 9.30. The van der Waals surface area contributed by atoms with Gasteiger partial charge in [-0.25, -0.2) is 4.98 Å². The molecular weight excluding hydrogens is 801 g/mol. The predicted octanol–water partition coefficient (Wildman–Crippen LogP) is 15.7. The average molecular weight is 851 g/mol. The van der Waals surface area contributed by atoms with Gasteiger partial charge >= 0.3 is 0 Å². The smallest absolute Gasteiger partial charge is 0.137 e. The van der Waals surface area contributed by atoms with Crippen molar-refractivity contribution < 1.29 is 4.74 Å². The molecule has 10 aromatic rings. The number of rotatable bonds is 7. The fourth-order valence-corrected chi connectivity index (χ4v) is 10.4. The van der Waals surface area contributed by atoms with Crippen molar-refractivity contribution in [1.29, 1.82) is 0 Å². The van der Waals surface area contributed by atoms with Crippen LogP contribution in [0, 0.1) is 0 Å². The summed E-state index contributed by atoms with van der Waals surface area (Å²) in [4.78, 5) is 9.85. The summed E-state index contributed by atoms with van der Waals surface area (Å²) >= 11 is 1.84. The van der Waals surface area contributed by atoms with Crippen molar-refractivity contribution in [2.24, 2.45) is 0 Å². The molecular formula is C58H50N4OS. The van der Waals surface area contributed by atoms with Crippen LogP contribution < -0.4 is 14.5 Å². The Morgan fingerprint density at radius 2 is 1.12 bits per heavy atom. The van der Waals surface area contributed by atoms with E-state index >= 15 is 0 Å².